The lowest BCUT2D eigenvalue weighted by Crippen LogP contribution is -2.22. The second kappa shape index (κ2) is 4.88. The number of nitrogens with zero attached hydrogens (tertiary/aromatic N) is 1. The molecule has 5 nitrogen and oxygen atoms in total. The summed E-state index contributed by atoms with van der Waals surface area (Å²) in [4.78, 5) is 13.3. The first kappa shape index (κ1) is 13.1. The monoisotopic (exact) mass is 247 g/mol. The largest absolute Gasteiger partial charge is 0.573 e. The molecule has 0 aromatic carbocycles. The summed E-state index contributed by atoms with van der Waals surface area (Å²) < 4.78 is 39.9. The van der Waals surface area contributed by atoms with E-state index in [9.17, 15) is 18.0 Å². The lowest BCUT2D eigenvalue weighted by molar-refractivity contribution is -0.275. The minimum Gasteiger partial charge on any atom is -0.405 e. The first-order valence-corrected chi connectivity index (χ1v) is 4.45. The number of hydrogen-bond donors (Lipinski definition) is 2. The van der Waals surface area contributed by atoms with Crippen LogP contribution in [0.5, 0.6) is 5.75 Å². The Morgan fingerprint density at radius 3 is 2.65 bits per heavy atom. The quantitative estimate of drug-likeness (QED) is 0.826. The molecule has 0 saturated heterocycles. The van der Waals surface area contributed by atoms with E-state index in [0.29, 0.717) is 6.07 Å². The van der Waals surface area contributed by atoms with Crippen molar-refractivity contribution in [3.8, 4) is 11.8 Å². The summed E-state index contributed by atoms with van der Waals surface area (Å²) in [6.07, 6.45) is -5.17. The van der Waals surface area contributed by atoms with Crippen molar-refractivity contribution >= 4 is 0 Å². The van der Waals surface area contributed by atoms with Crippen LogP contribution in [0.3, 0.4) is 0 Å². The molecule has 17 heavy (non-hydrogen) atoms. The Morgan fingerprint density at radius 1 is 1.53 bits per heavy atom. The first-order valence-electron chi connectivity index (χ1n) is 4.45. The van der Waals surface area contributed by atoms with Crippen molar-refractivity contribution in [3.05, 3.63) is 27.7 Å². The molecule has 8 heteroatoms. The lowest BCUT2D eigenvalue weighted by Gasteiger charge is -2.13. The van der Waals surface area contributed by atoms with Crippen molar-refractivity contribution in [1.82, 2.24) is 4.98 Å². The number of aromatic amines is 1. The van der Waals surface area contributed by atoms with Crippen molar-refractivity contribution in [2.24, 2.45) is 5.73 Å². The number of nitrogens with two attached hydrogens (primary N) is 1. The summed E-state index contributed by atoms with van der Waals surface area (Å²) in [6, 6.07) is 2.36. The minimum atomic E-state index is -4.92. The number of aromatic nitrogens is 1. The molecule has 1 rings (SSSR count). The minimum absolute atomic E-state index is 0.0294. The molecule has 0 spiro atoms. The van der Waals surface area contributed by atoms with E-state index < -0.39 is 17.7 Å². The molecular weight excluding hydrogens is 239 g/mol. The van der Waals surface area contributed by atoms with Crippen LogP contribution < -0.4 is 16.0 Å². The summed E-state index contributed by atoms with van der Waals surface area (Å²) in [7, 11) is 0. The van der Waals surface area contributed by atoms with Crippen LogP contribution in [-0.4, -0.2) is 11.3 Å². The molecule has 3 N–H and O–H groups in total. The van der Waals surface area contributed by atoms with Gasteiger partial charge in [0, 0.05) is 23.9 Å². The number of H-pyrrole nitrogens is 1. The van der Waals surface area contributed by atoms with E-state index in [0.717, 1.165) is 0 Å². The molecule has 0 aliphatic carbocycles. The zero-order valence-electron chi connectivity index (χ0n) is 8.47. The van der Waals surface area contributed by atoms with Gasteiger partial charge in [0.15, 0.2) is 0 Å². The van der Waals surface area contributed by atoms with Crippen LogP contribution in [0.1, 0.15) is 11.3 Å². The molecule has 0 aliphatic heterocycles. The molecule has 0 aliphatic rings. The predicted octanol–water partition coefficient (Wildman–Crippen LogP) is 0.798. The maximum Gasteiger partial charge on any atom is 0.573 e. The van der Waals surface area contributed by atoms with Crippen LogP contribution in [0.15, 0.2) is 10.9 Å². The van der Waals surface area contributed by atoms with Crippen molar-refractivity contribution < 1.29 is 17.9 Å². The van der Waals surface area contributed by atoms with E-state index in [1.54, 1.807) is 6.07 Å². The highest BCUT2D eigenvalue weighted by Crippen LogP contribution is 2.26. The van der Waals surface area contributed by atoms with Crippen LogP contribution in [0, 0.1) is 11.3 Å². The van der Waals surface area contributed by atoms with Crippen LogP contribution in [0.25, 0.3) is 0 Å². The maximum absolute atomic E-state index is 12.1. The van der Waals surface area contributed by atoms with Gasteiger partial charge >= 0.3 is 6.36 Å². The molecular formula is C9H8F3N3O2. The summed E-state index contributed by atoms with van der Waals surface area (Å²) >= 11 is 0. The van der Waals surface area contributed by atoms with Gasteiger partial charge in [0.05, 0.1) is 12.5 Å². The van der Waals surface area contributed by atoms with Gasteiger partial charge < -0.3 is 15.5 Å². The van der Waals surface area contributed by atoms with Gasteiger partial charge in [-0.3, -0.25) is 4.79 Å². The van der Waals surface area contributed by atoms with Crippen molar-refractivity contribution in [2.45, 2.75) is 19.3 Å². The van der Waals surface area contributed by atoms with E-state index in [-0.39, 0.29) is 24.2 Å². The Bertz CT molecular complexity index is 502. The molecule has 92 valence electrons. The normalized spacial score (nSPS) is 11.0. The molecule has 0 atom stereocenters. The Labute approximate surface area is 93.6 Å². The van der Waals surface area contributed by atoms with Gasteiger partial charge in [0.25, 0.3) is 5.56 Å². The zero-order valence-corrected chi connectivity index (χ0v) is 8.47. The molecule has 1 heterocycles. The number of hydrogen-bond acceptors (Lipinski definition) is 4. The van der Waals surface area contributed by atoms with Crippen molar-refractivity contribution in [3.63, 3.8) is 0 Å². The van der Waals surface area contributed by atoms with Crippen LogP contribution in [0.4, 0.5) is 13.2 Å². The topological polar surface area (TPSA) is 91.9 Å². The Kier molecular flexibility index (Phi) is 3.75. The summed E-state index contributed by atoms with van der Waals surface area (Å²) in [6.45, 7) is -0.279. The fourth-order valence-electron chi connectivity index (χ4n) is 1.28. The molecule has 1 aromatic rings. The van der Waals surface area contributed by atoms with Gasteiger partial charge in [0.1, 0.15) is 5.75 Å². The highest BCUT2D eigenvalue weighted by atomic mass is 19.4. The van der Waals surface area contributed by atoms with Crippen LogP contribution in [0.2, 0.25) is 0 Å². The van der Waals surface area contributed by atoms with Gasteiger partial charge in [0.2, 0.25) is 0 Å². The molecule has 0 radical (unpaired) electrons. The van der Waals surface area contributed by atoms with E-state index in [1.807, 2.05) is 0 Å². The fraction of sp³-hybridized carbons (Fsp3) is 0.333. The number of pyridine rings is 1. The third kappa shape index (κ3) is 3.49. The first-order chi connectivity index (χ1) is 7.87. The summed E-state index contributed by atoms with van der Waals surface area (Å²) in [5.41, 5.74) is 4.48. The van der Waals surface area contributed by atoms with Gasteiger partial charge in [-0.15, -0.1) is 13.2 Å². The van der Waals surface area contributed by atoms with Crippen LogP contribution in [-0.2, 0) is 13.0 Å². The second-order valence-corrected chi connectivity index (χ2v) is 3.04. The SMILES string of the molecule is N#CCc1[nH]c(=O)cc(OC(F)(F)F)c1CN. The van der Waals surface area contributed by atoms with E-state index >= 15 is 0 Å². The lowest BCUT2D eigenvalue weighted by atomic mass is 10.1. The van der Waals surface area contributed by atoms with E-state index in [1.165, 1.54) is 0 Å². The number of halogens is 3. The molecule has 0 saturated carbocycles. The van der Waals surface area contributed by atoms with Gasteiger partial charge in [-0.2, -0.15) is 5.26 Å². The molecule has 0 bridgehead atoms. The highest BCUT2D eigenvalue weighted by Gasteiger charge is 2.32. The van der Waals surface area contributed by atoms with E-state index in [2.05, 4.69) is 9.72 Å². The second-order valence-electron chi connectivity index (χ2n) is 3.04. The number of rotatable bonds is 3. The Hall–Kier alpha value is -2.01. The molecule has 1 aromatic heterocycles. The van der Waals surface area contributed by atoms with Gasteiger partial charge in [-0.25, -0.2) is 0 Å². The standard InChI is InChI=1S/C9H8F3N3O2/c10-9(11,12)17-7-3-8(16)15-6(1-2-13)5(7)4-14/h3H,1,4,14H2,(H,15,16). The highest BCUT2D eigenvalue weighted by molar-refractivity contribution is 5.37. The molecule has 0 unspecified atom stereocenters. The van der Waals surface area contributed by atoms with Gasteiger partial charge in [-0.05, 0) is 0 Å². The number of ether oxygens (including phenoxy) is 1. The average Bonchev–Trinajstić information content (AvgIpc) is 2.15. The number of nitrogens with one attached hydrogen (secondary N) is 1. The smallest absolute Gasteiger partial charge is 0.405 e. The van der Waals surface area contributed by atoms with Gasteiger partial charge in [-0.1, -0.05) is 0 Å². The third-order valence-corrected chi connectivity index (χ3v) is 1.88. The Balaban J connectivity index is 3.29. The summed E-state index contributed by atoms with van der Waals surface area (Å²) in [5.74, 6) is -0.672. The fourth-order valence-corrected chi connectivity index (χ4v) is 1.28. The number of alkyl halides is 3. The maximum atomic E-state index is 12.1. The third-order valence-electron chi connectivity index (χ3n) is 1.88. The number of nitriles is 1. The zero-order chi connectivity index (χ0) is 13.1. The van der Waals surface area contributed by atoms with E-state index in [4.69, 9.17) is 11.0 Å². The predicted molar refractivity (Wildman–Crippen MR) is 51.0 cm³/mol. The van der Waals surface area contributed by atoms with Crippen molar-refractivity contribution in [1.29, 1.82) is 5.26 Å². The Morgan fingerprint density at radius 2 is 2.18 bits per heavy atom. The molecule has 0 amide bonds. The van der Waals surface area contributed by atoms with Crippen molar-refractivity contribution in [2.75, 3.05) is 0 Å². The molecule has 0 fully saturated rings. The summed E-state index contributed by atoms with van der Waals surface area (Å²) in [5, 5.41) is 8.48. The average molecular weight is 247 g/mol. The van der Waals surface area contributed by atoms with Crippen LogP contribution >= 0.6 is 0 Å².